The monoisotopic (exact) mass is 260 g/mol. The first-order valence-electron chi connectivity index (χ1n) is 7.62. The van der Waals surface area contributed by atoms with Crippen LogP contribution in [0.4, 0.5) is 13.2 Å². The summed E-state index contributed by atoms with van der Waals surface area (Å²) in [4.78, 5) is 0. The van der Waals surface area contributed by atoms with Gasteiger partial charge in [-0.05, 0) is 43.9 Å². The molecule has 0 N–H and O–H groups in total. The van der Waals surface area contributed by atoms with Crippen molar-refractivity contribution >= 4 is 0 Å². The Labute approximate surface area is 107 Å². The number of alkyl halides is 3. The minimum absolute atomic E-state index is 0.0457. The molecule has 0 bridgehead atoms. The lowest BCUT2D eigenvalue weighted by Gasteiger charge is -2.35. The van der Waals surface area contributed by atoms with Crippen LogP contribution >= 0.6 is 0 Å². The van der Waals surface area contributed by atoms with E-state index < -0.39 is 23.9 Å². The van der Waals surface area contributed by atoms with Gasteiger partial charge in [0.1, 0.15) is 6.17 Å². The molecule has 3 rings (SSSR count). The lowest BCUT2D eigenvalue weighted by molar-refractivity contribution is -0.127. The van der Waals surface area contributed by atoms with E-state index in [0.29, 0.717) is 12.8 Å². The molecule has 0 aliphatic heterocycles. The third-order valence-corrected chi connectivity index (χ3v) is 5.67. The van der Waals surface area contributed by atoms with Gasteiger partial charge in [-0.3, -0.25) is 0 Å². The van der Waals surface area contributed by atoms with Crippen molar-refractivity contribution in [2.45, 2.75) is 69.9 Å². The molecule has 0 nitrogen and oxygen atoms in total. The van der Waals surface area contributed by atoms with Crippen LogP contribution in [0.5, 0.6) is 0 Å². The van der Waals surface area contributed by atoms with Gasteiger partial charge < -0.3 is 0 Å². The Morgan fingerprint density at radius 1 is 0.778 bits per heavy atom. The van der Waals surface area contributed by atoms with Crippen LogP contribution in [0.15, 0.2) is 0 Å². The maximum absolute atomic E-state index is 14.5. The fourth-order valence-corrected chi connectivity index (χ4v) is 4.82. The lowest BCUT2D eigenvalue weighted by Crippen LogP contribution is -2.41. The fourth-order valence-electron chi connectivity index (χ4n) is 4.82. The fraction of sp³-hybridized carbons (Fsp3) is 1.00. The number of halogens is 3. The minimum atomic E-state index is -2.74. The Balaban J connectivity index is 1.79. The van der Waals surface area contributed by atoms with Crippen LogP contribution in [0.1, 0.15) is 57.8 Å². The van der Waals surface area contributed by atoms with E-state index in [1.54, 1.807) is 0 Å². The van der Waals surface area contributed by atoms with E-state index in [2.05, 4.69) is 0 Å². The molecule has 0 saturated heterocycles. The van der Waals surface area contributed by atoms with E-state index in [1.165, 1.54) is 6.42 Å². The number of rotatable bonds is 1. The quantitative estimate of drug-likeness (QED) is 0.624. The summed E-state index contributed by atoms with van der Waals surface area (Å²) in [5.74, 6) is -4.11. The highest BCUT2D eigenvalue weighted by Crippen LogP contribution is 2.58. The molecule has 18 heavy (non-hydrogen) atoms. The van der Waals surface area contributed by atoms with E-state index in [4.69, 9.17) is 0 Å². The van der Waals surface area contributed by atoms with Gasteiger partial charge in [0.05, 0.1) is 5.92 Å². The van der Waals surface area contributed by atoms with E-state index in [1.807, 2.05) is 0 Å². The Bertz CT molecular complexity index is 296. The van der Waals surface area contributed by atoms with Crippen molar-refractivity contribution in [1.82, 2.24) is 0 Å². The summed E-state index contributed by atoms with van der Waals surface area (Å²) in [5, 5.41) is 0. The zero-order valence-electron chi connectivity index (χ0n) is 10.9. The zero-order valence-corrected chi connectivity index (χ0v) is 10.9. The third-order valence-electron chi connectivity index (χ3n) is 5.67. The predicted molar refractivity (Wildman–Crippen MR) is 65.4 cm³/mol. The maximum atomic E-state index is 14.5. The average molecular weight is 260 g/mol. The van der Waals surface area contributed by atoms with Crippen molar-refractivity contribution in [3.63, 3.8) is 0 Å². The van der Waals surface area contributed by atoms with Crippen molar-refractivity contribution in [2.24, 2.45) is 23.7 Å². The predicted octanol–water partition coefficient (Wildman–Crippen LogP) is 4.98. The third kappa shape index (κ3) is 1.98. The summed E-state index contributed by atoms with van der Waals surface area (Å²) in [6, 6.07) is 0. The number of fused-ring (bicyclic) bond motifs is 1. The van der Waals surface area contributed by atoms with Crippen LogP contribution < -0.4 is 0 Å². The molecule has 0 aromatic rings. The molecular weight excluding hydrogens is 237 g/mol. The minimum Gasteiger partial charge on any atom is -0.247 e. The molecule has 0 spiro atoms. The van der Waals surface area contributed by atoms with E-state index >= 15 is 0 Å². The maximum Gasteiger partial charge on any atom is 0.256 e. The molecule has 0 heterocycles. The standard InChI is InChI=1S/C15H23F3/c16-13-8-4-7-11-9-12(15(17,18)14(11)13)10-5-2-1-3-6-10/h10-14H,1-9H2. The average Bonchev–Trinajstić information content (AvgIpc) is 2.63. The molecule has 4 unspecified atom stereocenters. The van der Waals surface area contributed by atoms with Crippen molar-refractivity contribution in [2.75, 3.05) is 0 Å². The Morgan fingerprint density at radius 2 is 1.44 bits per heavy atom. The van der Waals surface area contributed by atoms with Crippen LogP contribution in [0.2, 0.25) is 0 Å². The van der Waals surface area contributed by atoms with Gasteiger partial charge in [-0.1, -0.05) is 25.7 Å². The zero-order chi connectivity index (χ0) is 12.8. The van der Waals surface area contributed by atoms with Crippen molar-refractivity contribution in [3.05, 3.63) is 0 Å². The molecule has 0 aromatic carbocycles. The summed E-state index contributed by atoms with van der Waals surface area (Å²) in [6.45, 7) is 0. The normalized spacial score (nSPS) is 44.8. The van der Waals surface area contributed by atoms with Crippen LogP contribution in [0, 0.1) is 23.7 Å². The highest BCUT2D eigenvalue weighted by molar-refractivity contribution is 5.03. The number of hydrogen-bond acceptors (Lipinski definition) is 0. The smallest absolute Gasteiger partial charge is 0.247 e. The van der Waals surface area contributed by atoms with Gasteiger partial charge >= 0.3 is 0 Å². The highest BCUT2D eigenvalue weighted by Gasteiger charge is 2.62. The molecule has 3 heteroatoms. The van der Waals surface area contributed by atoms with Crippen LogP contribution in [0.3, 0.4) is 0 Å². The highest BCUT2D eigenvalue weighted by atomic mass is 19.3. The second-order valence-electron chi connectivity index (χ2n) is 6.65. The molecule has 3 saturated carbocycles. The van der Waals surface area contributed by atoms with Crippen LogP contribution in [0.25, 0.3) is 0 Å². The summed E-state index contributed by atoms with van der Waals surface area (Å²) >= 11 is 0. The summed E-state index contributed by atoms with van der Waals surface area (Å²) < 4.78 is 43.0. The van der Waals surface area contributed by atoms with Gasteiger partial charge in [0.15, 0.2) is 0 Å². The van der Waals surface area contributed by atoms with Gasteiger partial charge in [-0.2, -0.15) is 0 Å². The molecule has 0 aromatic heterocycles. The van der Waals surface area contributed by atoms with Gasteiger partial charge in [0, 0.05) is 5.92 Å². The van der Waals surface area contributed by atoms with Crippen LogP contribution in [-0.4, -0.2) is 12.1 Å². The Morgan fingerprint density at radius 3 is 2.11 bits per heavy atom. The van der Waals surface area contributed by atoms with Crippen molar-refractivity contribution in [3.8, 4) is 0 Å². The van der Waals surface area contributed by atoms with E-state index in [0.717, 1.165) is 38.5 Å². The Kier molecular flexibility index (Phi) is 3.36. The molecule has 0 radical (unpaired) electrons. The van der Waals surface area contributed by atoms with Gasteiger partial charge in [-0.15, -0.1) is 0 Å². The van der Waals surface area contributed by atoms with Crippen molar-refractivity contribution < 1.29 is 13.2 Å². The first-order chi connectivity index (χ1) is 8.60. The second kappa shape index (κ2) is 4.72. The van der Waals surface area contributed by atoms with Crippen molar-refractivity contribution in [1.29, 1.82) is 0 Å². The van der Waals surface area contributed by atoms with E-state index in [-0.39, 0.29) is 11.8 Å². The molecular formula is C15H23F3. The molecule has 104 valence electrons. The lowest BCUT2D eigenvalue weighted by atomic mass is 9.76. The first kappa shape index (κ1) is 12.8. The SMILES string of the molecule is FC1CCCC2CC(C3CCCCC3)C(F)(F)C12. The summed E-state index contributed by atoms with van der Waals surface area (Å²) in [7, 11) is 0. The molecule has 3 aliphatic rings. The van der Waals surface area contributed by atoms with Gasteiger partial charge in [0.2, 0.25) is 0 Å². The van der Waals surface area contributed by atoms with Gasteiger partial charge in [0.25, 0.3) is 5.92 Å². The summed E-state index contributed by atoms with van der Waals surface area (Å²) in [5.41, 5.74) is 0. The summed E-state index contributed by atoms with van der Waals surface area (Å²) in [6.07, 6.45) is 6.56. The van der Waals surface area contributed by atoms with Gasteiger partial charge in [-0.25, -0.2) is 13.2 Å². The van der Waals surface area contributed by atoms with Crippen LogP contribution in [-0.2, 0) is 0 Å². The molecule has 0 amide bonds. The molecule has 3 aliphatic carbocycles. The van der Waals surface area contributed by atoms with E-state index in [9.17, 15) is 13.2 Å². The second-order valence-corrected chi connectivity index (χ2v) is 6.65. The first-order valence-corrected chi connectivity index (χ1v) is 7.62. The number of hydrogen-bond donors (Lipinski definition) is 0. The molecule has 3 fully saturated rings. The Hall–Kier alpha value is -0.210. The topological polar surface area (TPSA) is 0 Å². The molecule has 4 atom stereocenters. The largest absolute Gasteiger partial charge is 0.256 e.